The van der Waals surface area contributed by atoms with Gasteiger partial charge in [-0.2, -0.15) is 0 Å². The Kier molecular flexibility index (Phi) is 6.12. The molecule has 0 radical (unpaired) electrons. The third-order valence-corrected chi connectivity index (χ3v) is 9.38. The number of para-hydroxylation sites is 2. The number of hydrogen-bond acceptors (Lipinski definition) is 2. The second kappa shape index (κ2) is 10.6. The number of benzene rings is 7. The highest BCUT2D eigenvalue weighted by Crippen LogP contribution is 2.34. The number of rotatable bonds is 2. The van der Waals surface area contributed by atoms with Crippen molar-refractivity contribution in [1.82, 2.24) is 4.40 Å². The highest BCUT2D eigenvalue weighted by atomic mass is 16.1. The molecule has 0 unspecified atom stereocenters. The Balaban J connectivity index is 1.63. The van der Waals surface area contributed by atoms with Crippen molar-refractivity contribution >= 4 is 59.5 Å². The summed E-state index contributed by atoms with van der Waals surface area (Å²) in [6.07, 6.45) is 0. The largest absolute Gasteiger partial charge is 0.289 e. The molecule has 2 aromatic heterocycles. The van der Waals surface area contributed by atoms with Crippen molar-refractivity contribution in [3.05, 3.63) is 184 Å². The van der Waals surface area contributed by atoms with Crippen LogP contribution in [0.2, 0.25) is 0 Å². The molecule has 0 spiro atoms. The van der Waals surface area contributed by atoms with E-state index in [2.05, 4.69) is 42.5 Å². The number of fused-ring (bicyclic) bond motifs is 8. The smallest absolute Gasteiger partial charge is 0.263 e. The summed E-state index contributed by atoms with van der Waals surface area (Å²) < 4.78 is 1.87. The molecule has 0 fully saturated rings. The van der Waals surface area contributed by atoms with Gasteiger partial charge in [0.1, 0.15) is 0 Å². The van der Waals surface area contributed by atoms with E-state index in [1.165, 1.54) is 0 Å². The summed E-state index contributed by atoms with van der Waals surface area (Å²) in [5.41, 5.74) is 5.48. The normalized spacial score (nSPS) is 11.6. The first-order chi connectivity index (χ1) is 23.2. The van der Waals surface area contributed by atoms with Crippen LogP contribution in [0.3, 0.4) is 0 Å². The van der Waals surface area contributed by atoms with Crippen LogP contribution in [-0.2, 0) is 0 Å². The van der Waals surface area contributed by atoms with Crippen LogP contribution in [0.1, 0.15) is 0 Å². The zero-order valence-corrected chi connectivity index (χ0v) is 25.4. The molecule has 220 valence electrons. The highest BCUT2D eigenvalue weighted by Gasteiger charge is 2.16. The molecule has 0 amide bonds. The number of aromatic nitrogens is 1. The van der Waals surface area contributed by atoms with Crippen molar-refractivity contribution in [2.75, 3.05) is 0 Å². The van der Waals surface area contributed by atoms with E-state index in [0.29, 0.717) is 16.2 Å². The van der Waals surface area contributed by atoms with Gasteiger partial charge in [0.05, 0.1) is 11.0 Å². The van der Waals surface area contributed by atoms with Gasteiger partial charge in [-0.05, 0) is 74.8 Å². The molecular formula is C44H27NO2. The Labute approximate surface area is 269 Å². The minimum Gasteiger partial charge on any atom is -0.289 e. The summed E-state index contributed by atoms with van der Waals surface area (Å²) in [7, 11) is 0. The van der Waals surface area contributed by atoms with Crippen LogP contribution < -0.4 is 11.0 Å². The molecule has 7 aromatic carbocycles. The lowest BCUT2D eigenvalue weighted by molar-refractivity contribution is 1.20. The molecule has 0 N–H and O–H groups in total. The SMILES string of the molecule is O=c1c2ccc(-c3ccccc3)cc2c2ccccc2n2c(=O)c3ccccc3c3cccc(c4cc(-c5ccccc5)ccc14)c32. The fourth-order valence-corrected chi connectivity index (χ4v) is 7.17. The molecule has 47 heavy (non-hydrogen) atoms. The Hall–Kier alpha value is -6.32. The molecule has 0 atom stereocenters. The molecule has 0 saturated heterocycles. The quantitative estimate of drug-likeness (QED) is 0.185. The van der Waals surface area contributed by atoms with Gasteiger partial charge >= 0.3 is 0 Å². The van der Waals surface area contributed by atoms with Crippen molar-refractivity contribution in [3.63, 3.8) is 0 Å². The first kappa shape index (κ1) is 27.0. The van der Waals surface area contributed by atoms with Gasteiger partial charge in [-0.3, -0.25) is 14.0 Å². The van der Waals surface area contributed by atoms with E-state index in [4.69, 9.17) is 0 Å². The van der Waals surface area contributed by atoms with Crippen LogP contribution in [0.5, 0.6) is 0 Å². The fourth-order valence-electron chi connectivity index (χ4n) is 7.17. The number of nitrogens with zero attached hydrogens (tertiary/aromatic N) is 1. The molecule has 3 nitrogen and oxygen atoms in total. The highest BCUT2D eigenvalue weighted by molar-refractivity contribution is 6.19. The maximum atomic E-state index is 14.9. The maximum Gasteiger partial charge on any atom is 0.263 e. The Morgan fingerprint density at radius 2 is 0.787 bits per heavy atom. The first-order valence-corrected chi connectivity index (χ1v) is 15.8. The van der Waals surface area contributed by atoms with E-state index >= 15 is 0 Å². The minimum atomic E-state index is -0.0959. The maximum absolute atomic E-state index is 14.9. The van der Waals surface area contributed by atoms with Gasteiger partial charge in [0.15, 0.2) is 5.43 Å². The predicted octanol–water partition coefficient (Wildman–Crippen LogP) is 10.3. The van der Waals surface area contributed by atoms with Gasteiger partial charge in [-0.25, -0.2) is 0 Å². The number of pyridine rings is 1. The van der Waals surface area contributed by atoms with Crippen molar-refractivity contribution in [3.8, 4) is 22.3 Å². The van der Waals surface area contributed by atoms with E-state index in [9.17, 15) is 9.59 Å². The summed E-state index contributed by atoms with van der Waals surface area (Å²) in [5.74, 6) is 0. The van der Waals surface area contributed by atoms with Gasteiger partial charge < -0.3 is 0 Å². The van der Waals surface area contributed by atoms with Crippen molar-refractivity contribution in [2.24, 2.45) is 0 Å². The summed E-state index contributed by atoms with van der Waals surface area (Å²) >= 11 is 0. The molecule has 0 aliphatic heterocycles. The summed E-state index contributed by atoms with van der Waals surface area (Å²) in [6, 6.07) is 54.4. The Morgan fingerprint density at radius 3 is 1.40 bits per heavy atom. The molecule has 2 heterocycles. The van der Waals surface area contributed by atoms with Crippen LogP contribution in [0.4, 0.5) is 0 Å². The van der Waals surface area contributed by atoms with Crippen molar-refractivity contribution < 1.29 is 0 Å². The van der Waals surface area contributed by atoms with Crippen LogP contribution in [0.15, 0.2) is 173 Å². The molecule has 0 saturated carbocycles. The second-order valence-corrected chi connectivity index (χ2v) is 12.0. The van der Waals surface area contributed by atoms with Gasteiger partial charge in [-0.1, -0.05) is 127 Å². The average molecular weight is 602 g/mol. The minimum absolute atomic E-state index is 0.0578. The Bertz CT molecular complexity index is 2870. The standard InChI is InChI=1S/C44H27NO2/c46-43-36-24-22-30(28-12-3-1-4-13-28)26-39(36)33-17-9-10-21-41(33)45-42-34(32-16-7-8-18-38(32)44(45)47)19-11-20-35(42)40-27-31(23-25-37(40)43)29-14-5-2-6-15-29/h1-27H. The molecule has 9 rings (SSSR count). The predicted molar refractivity (Wildman–Crippen MR) is 197 cm³/mol. The zero-order chi connectivity index (χ0) is 31.5. The van der Waals surface area contributed by atoms with Crippen LogP contribution in [-0.4, -0.2) is 4.40 Å². The molecule has 0 bridgehead atoms. The van der Waals surface area contributed by atoms with Crippen LogP contribution in [0.25, 0.3) is 81.8 Å². The third kappa shape index (κ3) is 4.21. The van der Waals surface area contributed by atoms with Gasteiger partial charge in [0, 0.05) is 32.3 Å². The van der Waals surface area contributed by atoms with Gasteiger partial charge in [-0.15, -0.1) is 0 Å². The zero-order valence-electron chi connectivity index (χ0n) is 25.4. The van der Waals surface area contributed by atoms with Crippen LogP contribution >= 0.6 is 0 Å². The topological polar surface area (TPSA) is 38.5 Å². The monoisotopic (exact) mass is 601 g/mol. The molecular weight excluding hydrogens is 574 g/mol. The van der Waals surface area contributed by atoms with E-state index in [-0.39, 0.29) is 11.0 Å². The molecule has 9 aromatic rings. The van der Waals surface area contributed by atoms with E-state index in [1.807, 2.05) is 126 Å². The van der Waals surface area contributed by atoms with E-state index in [0.717, 1.165) is 65.6 Å². The van der Waals surface area contributed by atoms with Crippen LogP contribution in [0, 0.1) is 0 Å². The van der Waals surface area contributed by atoms with E-state index < -0.39 is 0 Å². The number of hydrogen-bond donors (Lipinski definition) is 0. The summed E-state index contributed by atoms with van der Waals surface area (Å²) in [6.45, 7) is 0. The van der Waals surface area contributed by atoms with Gasteiger partial charge in [0.2, 0.25) is 0 Å². The second-order valence-electron chi connectivity index (χ2n) is 12.0. The summed E-state index contributed by atoms with van der Waals surface area (Å²) in [4.78, 5) is 29.6. The average Bonchev–Trinajstić information content (AvgIpc) is 3.15. The summed E-state index contributed by atoms with van der Waals surface area (Å²) in [5, 5.41) is 6.93. The van der Waals surface area contributed by atoms with Gasteiger partial charge in [0.25, 0.3) is 5.56 Å². The molecule has 0 aliphatic carbocycles. The Morgan fingerprint density at radius 1 is 0.319 bits per heavy atom. The lowest BCUT2D eigenvalue weighted by Crippen LogP contribution is -2.15. The third-order valence-electron chi connectivity index (χ3n) is 9.38. The molecule has 3 heteroatoms. The fraction of sp³-hybridized carbons (Fsp3) is 0. The van der Waals surface area contributed by atoms with E-state index in [1.54, 1.807) is 0 Å². The van der Waals surface area contributed by atoms with Crippen molar-refractivity contribution in [1.29, 1.82) is 0 Å². The molecule has 0 aliphatic rings. The lowest BCUT2D eigenvalue weighted by Gasteiger charge is -2.14. The van der Waals surface area contributed by atoms with Crippen molar-refractivity contribution in [2.45, 2.75) is 0 Å². The lowest BCUT2D eigenvalue weighted by atomic mass is 9.95. The first-order valence-electron chi connectivity index (χ1n) is 15.8.